The number of halogens is 8. The molecule has 0 spiro atoms. The third-order valence-corrected chi connectivity index (χ3v) is 26.6. The zero-order chi connectivity index (χ0) is 97.9. The van der Waals surface area contributed by atoms with Crippen LogP contribution in [0.2, 0.25) is 5.02 Å². The van der Waals surface area contributed by atoms with E-state index in [4.69, 9.17) is 64.2 Å². The van der Waals surface area contributed by atoms with E-state index >= 15 is 0 Å². The molecular weight excluding hydrogens is 2050 g/mol. The summed E-state index contributed by atoms with van der Waals surface area (Å²) in [4.78, 5) is 132. The first-order valence-corrected chi connectivity index (χ1v) is 47.9. The van der Waals surface area contributed by atoms with Crippen molar-refractivity contribution in [1.82, 2.24) is 55.2 Å². The zero-order valence-electron chi connectivity index (χ0n) is 74.7. The number of oxazole rings is 1. The number of benzene rings is 4. The first-order valence-electron chi connectivity index (χ1n) is 43.5. The zero-order valence-corrected chi connectivity index (χ0v) is 81.9. The Labute approximate surface area is 821 Å². The van der Waals surface area contributed by atoms with Crippen LogP contribution < -0.4 is 21.3 Å². The number of rotatable bonds is 29. The van der Waals surface area contributed by atoms with Crippen LogP contribution >= 0.6 is 82.3 Å². The number of likely N-dealkylation sites (tertiary alicyclic amines) is 1. The fourth-order valence-corrected chi connectivity index (χ4v) is 19.5. The van der Waals surface area contributed by atoms with Gasteiger partial charge in [-0.2, -0.15) is 4.37 Å². The Morgan fingerprint density at radius 2 is 0.985 bits per heavy atom. The number of esters is 4. The van der Waals surface area contributed by atoms with Gasteiger partial charge in [0.25, 0.3) is 5.89 Å². The summed E-state index contributed by atoms with van der Waals surface area (Å²) in [6, 6.07) is 14.7. The lowest BCUT2D eigenvalue weighted by atomic mass is 9.94. The average molecular weight is 2150 g/mol. The van der Waals surface area contributed by atoms with Gasteiger partial charge in [0.2, 0.25) is 0 Å². The molecule has 12 heterocycles. The number of carbonyl (C=O) groups is 7. The second kappa shape index (κ2) is 48.0. The smallest absolute Gasteiger partial charge is 0.338 e. The van der Waals surface area contributed by atoms with Crippen molar-refractivity contribution >= 4 is 159 Å². The normalized spacial score (nSPS) is 21.5. The topological polar surface area (TPSA) is 452 Å². The number of carboxylic acids is 3. The first kappa shape index (κ1) is 103. The lowest BCUT2D eigenvalue weighted by molar-refractivity contribution is -0.150. The number of hydrogen-bond acceptors (Lipinski definition) is 35. The van der Waals surface area contributed by atoms with Gasteiger partial charge < -0.3 is 79.3 Å². The highest BCUT2D eigenvalue weighted by molar-refractivity contribution is 9.11. The van der Waals surface area contributed by atoms with Crippen molar-refractivity contribution in [2.24, 2.45) is 30.0 Å². The van der Waals surface area contributed by atoms with Crippen molar-refractivity contribution in [1.29, 1.82) is 0 Å². The fraction of sp³-hybridized carbons (Fsp3) is 0.407. The lowest BCUT2D eigenvalue weighted by Crippen LogP contribution is -2.52. The van der Waals surface area contributed by atoms with Crippen LogP contribution in [0.5, 0.6) is 0 Å². The molecule has 4 fully saturated rings. The molecule has 0 amide bonds. The molecule has 16 rings (SSSR count). The molecule has 7 aromatic rings. The van der Waals surface area contributed by atoms with Gasteiger partial charge in [-0.15, -0.1) is 11.3 Å². The second-order valence-electron chi connectivity index (χ2n) is 32.1. The molecule has 0 bridgehead atoms. The predicted octanol–water partition coefficient (Wildman–Crippen LogP) is 11.2. The Hall–Kier alpha value is -11.1. The molecule has 8 N–H and O–H groups in total. The average Bonchev–Trinajstić information content (AvgIpc) is 1.76. The Morgan fingerprint density at radius 3 is 1.42 bits per heavy atom. The van der Waals surface area contributed by atoms with E-state index in [2.05, 4.69) is 103 Å². The van der Waals surface area contributed by atoms with Crippen LogP contribution in [0.3, 0.4) is 0 Å². The number of carbonyl (C=O) groups excluding carboxylic acids is 4. The second-order valence-corrected chi connectivity index (χ2v) is 36.7. The maximum absolute atomic E-state index is 13.9. The SMILES string of the molecule is CCOC(=O)C1=C(CN2CCC[C@H]2C(C)(C)O)NC(C2=NCC=N2)=NC1c1ccc(F)cc1Br.CCOC(=O)C1=C(CN2CCOCC2C(=O)O)NC(c2cccs2)=NC1c1ccc(F)cc1Cl.CCOC(=O)C1=C(CN2CCOCC2C(=O)O)NC(c2ncco2)=NC1c1ccc(F)cc1Br.CCOC(=O)C1=C(CN2CCOCC2CC(=O)O)NC(c2ncns2)=NC1c1ccc(F)cc1Br. The summed E-state index contributed by atoms with van der Waals surface area (Å²) in [5.74, 6) is -4.86. The lowest BCUT2D eigenvalue weighted by Gasteiger charge is -2.37. The van der Waals surface area contributed by atoms with Crippen molar-refractivity contribution in [2.75, 3.05) is 125 Å². The van der Waals surface area contributed by atoms with Crippen LogP contribution in [0.4, 0.5) is 17.6 Å². The number of thiophene rings is 1. The summed E-state index contributed by atoms with van der Waals surface area (Å²) >= 11 is 19.2. The number of morpholine rings is 3. The molecule has 9 aliphatic rings. The number of nitrogens with one attached hydrogen (secondary N) is 4. The largest absolute Gasteiger partial charge is 0.481 e. The number of aromatic nitrogens is 3. The number of ether oxygens (including phenoxy) is 7. The number of carboxylic acid groups (broad SMARTS) is 3. The molecule has 36 nitrogen and oxygen atoms in total. The molecule has 0 aliphatic carbocycles. The monoisotopic (exact) mass is 2140 g/mol. The van der Waals surface area contributed by atoms with Gasteiger partial charge in [0.15, 0.2) is 28.4 Å². The van der Waals surface area contributed by atoms with Gasteiger partial charge in [-0.05, 0) is 149 Å². The number of nitrogens with zero attached hydrogens (tertiary/aromatic N) is 13. The predicted molar refractivity (Wildman–Crippen MR) is 507 cm³/mol. The van der Waals surface area contributed by atoms with E-state index in [9.17, 15) is 71.5 Å². The van der Waals surface area contributed by atoms with Gasteiger partial charge in [-0.3, -0.25) is 58.9 Å². The van der Waals surface area contributed by atoms with E-state index in [1.807, 2.05) is 22.4 Å². The molecule has 0 saturated carbocycles. The van der Waals surface area contributed by atoms with E-state index in [1.165, 1.54) is 90.8 Å². The molecule has 8 atom stereocenters. The molecule has 728 valence electrons. The molecule has 9 aliphatic heterocycles. The van der Waals surface area contributed by atoms with Crippen molar-refractivity contribution in [2.45, 2.75) is 115 Å². The van der Waals surface area contributed by atoms with E-state index in [0.717, 1.165) is 35.8 Å². The Morgan fingerprint density at radius 1 is 0.547 bits per heavy atom. The van der Waals surface area contributed by atoms with E-state index < -0.39 is 107 Å². The first-order chi connectivity index (χ1) is 65.8. The molecule has 3 aromatic heterocycles. The summed E-state index contributed by atoms with van der Waals surface area (Å²) in [7, 11) is 0. The van der Waals surface area contributed by atoms with Gasteiger partial charge in [-0.1, -0.05) is 89.7 Å². The maximum atomic E-state index is 13.9. The summed E-state index contributed by atoms with van der Waals surface area (Å²) in [6.07, 6.45) is 7.63. The highest BCUT2D eigenvalue weighted by Gasteiger charge is 2.45. The highest BCUT2D eigenvalue weighted by atomic mass is 79.9. The van der Waals surface area contributed by atoms with Crippen LogP contribution in [-0.2, 0) is 66.7 Å². The third-order valence-electron chi connectivity index (χ3n) is 22.6. The molecule has 46 heteroatoms. The minimum absolute atomic E-state index is 0.0188. The molecule has 7 unspecified atom stereocenters. The Bertz CT molecular complexity index is 5770. The number of amidine groups is 5. The summed E-state index contributed by atoms with van der Waals surface area (Å²) in [6.45, 7) is 15.7. The standard InChI is InChI=1S/C24H29BrFN5O3.C23H23ClFN3O5S.C22H23BrFN5O5S.C22H22BrFN4O6/c1-4-34-23(32)19-17(13-31-11-5-6-18(31)24(2,3)33)29-22(21-27-9-10-28-21)30-20(19)15-8-7-14(26)12-16(15)25;1-2-33-23(31)19-16(11-28-7-8-32-12-17(28)22(29)30)26-21(18-4-3-9-34-18)27-20(19)14-6-5-13(25)10-15(14)24;1-2-34-22(32)18-16(9-29-5-6-33-10-13(29)8-17(30)31)27-20(21-25-11-26-35-21)28-19(18)14-4-3-12(24)7-15(14)23;1-2-33-22(31)17-15(10-28-6-8-32-11-16(28)21(29)30)26-19(20-25-5-7-34-20)27-18(17)13-4-3-12(24)9-14(13)23/h7-9,12,18,20,33H,4-6,10-11,13H2,1-3H3,(H,29,30);3-6,9-10,17,20H,2,7-8,11-12H2,1H3,(H,26,27)(H,29,30);3-4,7,11,13,19H,2,5-6,8-10H2,1H3,(H,27,28)(H,30,31);3-5,7,9,16,18H,2,6,8,10-11H2,1H3,(H,26,27)(H,29,30)/t18-,20?;;;/m0.../s1. The molecule has 4 saturated heterocycles. The molecule has 0 radical (unpaired) electrons. The van der Waals surface area contributed by atoms with Crippen molar-refractivity contribution in [3.05, 3.63) is 234 Å². The van der Waals surface area contributed by atoms with E-state index in [-0.39, 0.29) is 118 Å². The van der Waals surface area contributed by atoms with Crippen LogP contribution in [-0.4, -0.2) is 286 Å². The third kappa shape index (κ3) is 25.9. The molecule has 137 heavy (non-hydrogen) atoms. The molecule has 4 aromatic carbocycles. The van der Waals surface area contributed by atoms with Gasteiger partial charge in [0.05, 0.1) is 118 Å². The molecular formula is C91H97Br3ClF4N17O19S2. The maximum Gasteiger partial charge on any atom is 0.338 e. The number of aliphatic imine (C=N–C) groups is 6. The summed E-state index contributed by atoms with van der Waals surface area (Å²) in [5, 5.41) is 54.7. The minimum atomic E-state index is -1.03. The van der Waals surface area contributed by atoms with Gasteiger partial charge >= 0.3 is 41.8 Å². The Kier molecular flexibility index (Phi) is 36.2. The Balaban J connectivity index is 0.000000154. The van der Waals surface area contributed by atoms with E-state index in [0.29, 0.717) is 145 Å². The van der Waals surface area contributed by atoms with Crippen LogP contribution in [0.25, 0.3) is 0 Å². The quantitative estimate of drug-likeness (QED) is 0.0123. The van der Waals surface area contributed by atoms with Gasteiger partial charge in [0, 0.05) is 111 Å². The summed E-state index contributed by atoms with van der Waals surface area (Å²) < 4.78 is 104. The number of aliphatic hydroxyl groups is 1. The van der Waals surface area contributed by atoms with Gasteiger partial charge in [0.1, 0.15) is 77.9 Å². The van der Waals surface area contributed by atoms with Gasteiger partial charge in [-0.25, -0.2) is 51.7 Å². The minimum Gasteiger partial charge on any atom is -0.481 e. The van der Waals surface area contributed by atoms with Crippen LogP contribution in [0, 0.1) is 23.3 Å². The highest BCUT2D eigenvalue weighted by Crippen LogP contribution is 2.44. The number of aliphatic carboxylic acids is 3. The number of hydrogen-bond donors (Lipinski definition) is 8. The van der Waals surface area contributed by atoms with Crippen molar-refractivity contribution in [3.8, 4) is 0 Å². The fourth-order valence-electron chi connectivity index (χ4n) is 16.4. The van der Waals surface area contributed by atoms with Crippen LogP contribution in [0.15, 0.2) is 202 Å². The van der Waals surface area contributed by atoms with Crippen molar-refractivity contribution in [3.63, 3.8) is 0 Å². The van der Waals surface area contributed by atoms with Crippen molar-refractivity contribution < 1.29 is 109 Å². The van der Waals surface area contributed by atoms with Crippen LogP contribution in [0.1, 0.15) is 123 Å². The van der Waals surface area contributed by atoms with E-state index in [1.54, 1.807) is 69.7 Å². The summed E-state index contributed by atoms with van der Waals surface area (Å²) in [5.41, 5.74) is 4.20.